The van der Waals surface area contributed by atoms with Gasteiger partial charge in [0.05, 0.1) is 0 Å². The molecule has 1 unspecified atom stereocenters. The molecule has 3 heteroatoms. The van der Waals surface area contributed by atoms with Crippen LogP contribution in [0.1, 0.15) is 48.9 Å². The summed E-state index contributed by atoms with van der Waals surface area (Å²) in [6.45, 7) is 6.15. The number of ketones is 1. The highest BCUT2D eigenvalue weighted by molar-refractivity contribution is 6.02. The topological polar surface area (TPSA) is 53.8 Å². The number of pyridine rings is 1. The molecule has 0 N–H and O–H groups in total. The van der Waals surface area contributed by atoms with Gasteiger partial charge in [-0.3, -0.25) is 4.79 Å². The van der Waals surface area contributed by atoms with Gasteiger partial charge in [-0.2, -0.15) is 5.26 Å². The fraction of sp³-hybridized carbons (Fsp3) is 0.462. The molecule has 0 amide bonds. The highest BCUT2D eigenvalue weighted by atomic mass is 16.1. The van der Waals surface area contributed by atoms with Crippen LogP contribution >= 0.6 is 0 Å². The number of nitriles is 1. The lowest BCUT2D eigenvalue weighted by atomic mass is 9.77. The molecule has 2 rings (SSSR count). The van der Waals surface area contributed by atoms with Crippen LogP contribution in [-0.4, -0.2) is 10.8 Å². The largest absolute Gasteiger partial charge is 0.292 e. The third kappa shape index (κ3) is 1.26. The molecule has 1 aromatic heterocycles. The van der Waals surface area contributed by atoms with Gasteiger partial charge in [0.15, 0.2) is 5.78 Å². The highest BCUT2D eigenvalue weighted by Gasteiger charge is 2.45. The minimum Gasteiger partial charge on any atom is -0.292 e. The average molecular weight is 214 g/mol. The number of Topliss-reactive ketones (excluding diaryl/α,β-unsaturated/α-hetero) is 1. The third-order valence-corrected chi connectivity index (χ3v) is 3.53. The molecule has 0 radical (unpaired) electrons. The number of fused-ring (bicyclic) bond motifs is 1. The Kier molecular flexibility index (Phi) is 2.31. The summed E-state index contributed by atoms with van der Waals surface area (Å²) in [6.07, 6.45) is 0.810. The van der Waals surface area contributed by atoms with E-state index in [4.69, 9.17) is 5.26 Å². The second-order valence-electron chi connectivity index (χ2n) is 4.75. The van der Waals surface area contributed by atoms with Crippen molar-refractivity contribution >= 4 is 5.78 Å². The van der Waals surface area contributed by atoms with Crippen LogP contribution in [0, 0.1) is 17.2 Å². The number of hydrogen-bond donors (Lipinski definition) is 0. The molecule has 0 bridgehead atoms. The van der Waals surface area contributed by atoms with Gasteiger partial charge in [-0.25, -0.2) is 4.98 Å². The third-order valence-electron chi connectivity index (χ3n) is 3.53. The van der Waals surface area contributed by atoms with E-state index in [1.165, 1.54) is 0 Å². The minimum absolute atomic E-state index is 0.0102. The van der Waals surface area contributed by atoms with Crippen LogP contribution in [0.25, 0.3) is 0 Å². The Hall–Kier alpha value is -1.69. The summed E-state index contributed by atoms with van der Waals surface area (Å²) in [6, 6.07) is 5.53. The Bertz CT molecular complexity index is 497. The Balaban J connectivity index is 2.63. The van der Waals surface area contributed by atoms with E-state index in [0.717, 1.165) is 12.0 Å². The smallest absolute Gasteiger partial charge is 0.185 e. The predicted molar refractivity (Wildman–Crippen MR) is 60.1 cm³/mol. The van der Waals surface area contributed by atoms with Gasteiger partial charge in [0.25, 0.3) is 0 Å². The average Bonchev–Trinajstić information content (AvgIpc) is 2.46. The van der Waals surface area contributed by atoms with Crippen LogP contribution < -0.4 is 0 Å². The maximum Gasteiger partial charge on any atom is 0.185 e. The summed E-state index contributed by atoms with van der Waals surface area (Å²) in [5, 5.41) is 8.78. The highest BCUT2D eigenvalue weighted by Crippen LogP contribution is 2.43. The standard InChI is InChI=1S/C13H14N2O/c1-4-9-12(16)11-10(13(9,2)3)6-5-8(7-14)15-11/h5-6,9H,4H2,1-3H3. The molecule has 1 aliphatic carbocycles. The zero-order valence-corrected chi connectivity index (χ0v) is 9.74. The number of aromatic nitrogens is 1. The summed E-state index contributed by atoms with van der Waals surface area (Å²) in [5.74, 6) is 0.0727. The van der Waals surface area contributed by atoms with E-state index in [0.29, 0.717) is 11.4 Å². The Morgan fingerprint density at radius 2 is 2.19 bits per heavy atom. The molecule has 0 fully saturated rings. The molecule has 82 valence electrons. The van der Waals surface area contributed by atoms with Gasteiger partial charge < -0.3 is 0 Å². The van der Waals surface area contributed by atoms with E-state index in [1.54, 1.807) is 6.07 Å². The summed E-state index contributed by atoms with van der Waals surface area (Å²) in [7, 11) is 0. The first-order chi connectivity index (χ1) is 7.52. The Morgan fingerprint density at radius 3 is 2.75 bits per heavy atom. The van der Waals surface area contributed by atoms with Crippen LogP contribution in [0.2, 0.25) is 0 Å². The molecule has 0 saturated heterocycles. The van der Waals surface area contributed by atoms with Gasteiger partial charge in [-0.05, 0) is 18.1 Å². The molecule has 1 atom stereocenters. The fourth-order valence-corrected chi connectivity index (χ4v) is 2.61. The van der Waals surface area contributed by atoms with Gasteiger partial charge in [-0.15, -0.1) is 0 Å². The first kappa shape index (κ1) is 10.8. The molecule has 0 aromatic carbocycles. The normalized spacial score (nSPS) is 21.6. The predicted octanol–water partition coefficient (Wildman–Crippen LogP) is 2.45. The van der Waals surface area contributed by atoms with Crippen molar-refractivity contribution in [1.82, 2.24) is 4.98 Å². The van der Waals surface area contributed by atoms with Crippen molar-refractivity contribution in [2.45, 2.75) is 32.6 Å². The lowest BCUT2D eigenvalue weighted by Gasteiger charge is -2.25. The van der Waals surface area contributed by atoms with Crippen LogP contribution in [0.4, 0.5) is 0 Å². The quantitative estimate of drug-likeness (QED) is 0.721. The van der Waals surface area contributed by atoms with Crippen molar-refractivity contribution in [2.24, 2.45) is 5.92 Å². The number of carbonyl (C=O) groups is 1. The number of carbonyl (C=O) groups excluding carboxylic acids is 1. The lowest BCUT2D eigenvalue weighted by molar-refractivity contribution is 0.0890. The molecule has 1 aromatic rings. The number of hydrogen-bond acceptors (Lipinski definition) is 3. The molecule has 0 spiro atoms. The Morgan fingerprint density at radius 1 is 1.50 bits per heavy atom. The SMILES string of the molecule is CCC1C(=O)c2nc(C#N)ccc2C1(C)C. The van der Waals surface area contributed by atoms with Crippen LogP contribution in [-0.2, 0) is 5.41 Å². The van der Waals surface area contributed by atoms with Gasteiger partial charge in [0, 0.05) is 11.3 Å². The fourth-order valence-electron chi connectivity index (χ4n) is 2.61. The van der Waals surface area contributed by atoms with Crippen molar-refractivity contribution in [2.75, 3.05) is 0 Å². The molecular formula is C13H14N2O. The number of rotatable bonds is 1. The van der Waals surface area contributed by atoms with Gasteiger partial charge in [0.2, 0.25) is 0 Å². The van der Waals surface area contributed by atoms with E-state index < -0.39 is 0 Å². The van der Waals surface area contributed by atoms with Crippen LogP contribution in [0.15, 0.2) is 12.1 Å². The van der Waals surface area contributed by atoms with E-state index in [9.17, 15) is 4.79 Å². The van der Waals surface area contributed by atoms with E-state index in [1.807, 2.05) is 19.1 Å². The van der Waals surface area contributed by atoms with Gasteiger partial charge in [-0.1, -0.05) is 26.8 Å². The first-order valence-electron chi connectivity index (χ1n) is 5.48. The summed E-state index contributed by atoms with van der Waals surface area (Å²) < 4.78 is 0. The molecule has 3 nitrogen and oxygen atoms in total. The molecule has 0 aliphatic heterocycles. The van der Waals surface area contributed by atoms with E-state index in [-0.39, 0.29) is 17.1 Å². The van der Waals surface area contributed by atoms with Crippen molar-refractivity contribution in [3.8, 4) is 6.07 Å². The summed E-state index contributed by atoms with van der Waals surface area (Å²) in [4.78, 5) is 16.3. The van der Waals surface area contributed by atoms with Crippen molar-refractivity contribution < 1.29 is 4.79 Å². The zero-order chi connectivity index (χ0) is 11.9. The number of nitrogens with zero attached hydrogens (tertiary/aromatic N) is 2. The van der Waals surface area contributed by atoms with Crippen LogP contribution in [0.3, 0.4) is 0 Å². The summed E-state index contributed by atoms with van der Waals surface area (Å²) in [5.41, 5.74) is 1.63. The van der Waals surface area contributed by atoms with Gasteiger partial charge in [0.1, 0.15) is 17.5 Å². The maximum atomic E-state index is 12.1. The minimum atomic E-state index is -0.165. The molecule has 16 heavy (non-hydrogen) atoms. The molecule has 1 aliphatic rings. The van der Waals surface area contributed by atoms with E-state index in [2.05, 4.69) is 18.8 Å². The second-order valence-corrected chi connectivity index (χ2v) is 4.75. The first-order valence-corrected chi connectivity index (χ1v) is 5.48. The maximum absolute atomic E-state index is 12.1. The monoisotopic (exact) mass is 214 g/mol. The molecule has 1 heterocycles. The Labute approximate surface area is 95.1 Å². The second kappa shape index (κ2) is 3.41. The van der Waals surface area contributed by atoms with Crippen molar-refractivity contribution in [3.05, 3.63) is 29.1 Å². The van der Waals surface area contributed by atoms with Crippen LogP contribution in [0.5, 0.6) is 0 Å². The van der Waals surface area contributed by atoms with Gasteiger partial charge >= 0.3 is 0 Å². The molecule has 0 saturated carbocycles. The summed E-state index contributed by atoms with van der Waals surface area (Å²) >= 11 is 0. The zero-order valence-electron chi connectivity index (χ0n) is 9.74. The van der Waals surface area contributed by atoms with E-state index >= 15 is 0 Å². The molecular weight excluding hydrogens is 200 g/mol. The van der Waals surface area contributed by atoms with Crippen molar-refractivity contribution in [3.63, 3.8) is 0 Å². The van der Waals surface area contributed by atoms with Crippen molar-refractivity contribution in [1.29, 1.82) is 5.26 Å². The lowest BCUT2D eigenvalue weighted by Crippen LogP contribution is -2.26.